The van der Waals surface area contributed by atoms with Gasteiger partial charge in [-0.05, 0) is 59.5 Å². The predicted molar refractivity (Wildman–Crippen MR) is 90.9 cm³/mol. The van der Waals surface area contributed by atoms with Crippen LogP contribution >= 0.6 is 27.5 Å². The highest BCUT2D eigenvalue weighted by molar-refractivity contribution is 9.10. The molecule has 1 aliphatic carbocycles. The van der Waals surface area contributed by atoms with Gasteiger partial charge in [0.15, 0.2) is 0 Å². The number of nitrogens with zero attached hydrogens (tertiary/aromatic N) is 2. The molecule has 0 spiro atoms. The summed E-state index contributed by atoms with van der Waals surface area (Å²) >= 11 is 9.74. The van der Waals surface area contributed by atoms with E-state index in [1.165, 1.54) is 25.7 Å². The highest BCUT2D eigenvalue weighted by Crippen LogP contribution is 2.30. The number of hydrogen-bond donors (Lipinski definition) is 1. The molecule has 1 saturated carbocycles. The lowest BCUT2D eigenvalue weighted by molar-refractivity contribution is 0.463. The molecular weight excluding hydrogens is 350 g/mol. The molecule has 1 aromatic carbocycles. The Morgan fingerprint density at radius 1 is 1.38 bits per heavy atom. The Morgan fingerprint density at radius 2 is 2.14 bits per heavy atom. The molecule has 5 heteroatoms. The summed E-state index contributed by atoms with van der Waals surface area (Å²) in [6.45, 7) is 2.71. The van der Waals surface area contributed by atoms with Gasteiger partial charge in [-0.1, -0.05) is 24.4 Å². The van der Waals surface area contributed by atoms with Gasteiger partial charge >= 0.3 is 0 Å². The van der Waals surface area contributed by atoms with Crippen LogP contribution in [0.15, 0.2) is 28.9 Å². The van der Waals surface area contributed by atoms with Crippen LogP contribution in [0.25, 0.3) is 0 Å². The van der Waals surface area contributed by atoms with Crippen molar-refractivity contribution in [3.05, 3.63) is 45.1 Å². The van der Waals surface area contributed by atoms with Crippen LogP contribution in [0.5, 0.6) is 0 Å². The molecule has 3 rings (SSSR count). The second kappa shape index (κ2) is 6.41. The molecule has 0 atom stereocenters. The van der Waals surface area contributed by atoms with Gasteiger partial charge < -0.3 is 5.32 Å². The number of rotatable bonds is 4. The van der Waals surface area contributed by atoms with E-state index >= 15 is 0 Å². The van der Waals surface area contributed by atoms with Crippen LogP contribution in [0.1, 0.15) is 43.0 Å². The lowest BCUT2D eigenvalue weighted by Gasteiger charge is -2.10. The maximum atomic E-state index is 6.18. The summed E-state index contributed by atoms with van der Waals surface area (Å²) in [5, 5.41) is 8.85. The van der Waals surface area contributed by atoms with Gasteiger partial charge in [-0.2, -0.15) is 5.10 Å². The molecule has 112 valence electrons. The maximum absolute atomic E-state index is 6.18. The fraction of sp³-hybridized carbons (Fsp3) is 0.438. The number of hydrogen-bond acceptors (Lipinski definition) is 2. The zero-order valence-corrected chi connectivity index (χ0v) is 14.4. The van der Waals surface area contributed by atoms with E-state index in [0.717, 1.165) is 26.4 Å². The SMILES string of the molecule is Cc1cc(Br)c(NCc2ccn(C3CCCC3)n2)cc1Cl. The van der Waals surface area contributed by atoms with Crippen LogP contribution in [-0.2, 0) is 6.54 Å². The largest absolute Gasteiger partial charge is 0.378 e. The average molecular weight is 369 g/mol. The molecule has 21 heavy (non-hydrogen) atoms. The smallest absolute Gasteiger partial charge is 0.0815 e. The lowest BCUT2D eigenvalue weighted by Crippen LogP contribution is -2.07. The van der Waals surface area contributed by atoms with E-state index in [0.29, 0.717) is 12.6 Å². The molecule has 1 aromatic heterocycles. The summed E-state index contributed by atoms with van der Waals surface area (Å²) < 4.78 is 3.15. The van der Waals surface area contributed by atoms with E-state index in [2.05, 4.69) is 43.3 Å². The minimum Gasteiger partial charge on any atom is -0.378 e. The summed E-state index contributed by atoms with van der Waals surface area (Å²) in [4.78, 5) is 0. The van der Waals surface area contributed by atoms with Crippen molar-refractivity contribution in [2.45, 2.75) is 45.2 Å². The van der Waals surface area contributed by atoms with Crippen molar-refractivity contribution >= 4 is 33.2 Å². The lowest BCUT2D eigenvalue weighted by atomic mass is 10.2. The van der Waals surface area contributed by atoms with Gasteiger partial charge in [-0.25, -0.2) is 0 Å². The fourth-order valence-electron chi connectivity index (χ4n) is 2.81. The summed E-state index contributed by atoms with van der Waals surface area (Å²) in [7, 11) is 0. The van der Waals surface area contributed by atoms with Crippen LogP contribution < -0.4 is 5.32 Å². The van der Waals surface area contributed by atoms with Gasteiger partial charge in [0.2, 0.25) is 0 Å². The third kappa shape index (κ3) is 3.43. The maximum Gasteiger partial charge on any atom is 0.0815 e. The third-order valence-electron chi connectivity index (χ3n) is 4.07. The second-order valence-electron chi connectivity index (χ2n) is 5.66. The first-order chi connectivity index (χ1) is 10.1. The predicted octanol–water partition coefficient (Wildman–Crippen LogP) is 5.33. The highest BCUT2D eigenvalue weighted by Gasteiger charge is 2.17. The van der Waals surface area contributed by atoms with Gasteiger partial charge in [0.1, 0.15) is 0 Å². The van der Waals surface area contributed by atoms with Crippen LogP contribution in [0, 0.1) is 6.92 Å². The van der Waals surface area contributed by atoms with E-state index in [4.69, 9.17) is 11.6 Å². The molecule has 3 nitrogen and oxygen atoms in total. The molecule has 1 fully saturated rings. The van der Waals surface area contributed by atoms with Crippen molar-refractivity contribution < 1.29 is 0 Å². The Balaban J connectivity index is 1.66. The first-order valence-electron chi connectivity index (χ1n) is 7.37. The Morgan fingerprint density at radius 3 is 2.90 bits per heavy atom. The monoisotopic (exact) mass is 367 g/mol. The Labute approximate surface area is 138 Å². The summed E-state index contributed by atoms with van der Waals surface area (Å²) in [6, 6.07) is 6.67. The zero-order valence-electron chi connectivity index (χ0n) is 12.1. The molecule has 0 radical (unpaired) electrons. The van der Waals surface area contributed by atoms with Crippen molar-refractivity contribution in [2.75, 3.05) is 5.32 Å². The van der Waals surface area contributed by atoms with E-state index < -0.39 is 0 Å². The van der Waals surface area contributed by atoms with E-state index in [9.17, 15) is 0 Å². The molecule has 0 aliphatic heterocycles. The second-order valence-corrected chi connectivity index (χ2v) is 6.92. The number of aryl methyl sites for hydroxylation is 1. The topological polar surface area (TPSA) is 29.9 Å². The molecular formula is C16H19BrClN3. The minimum absolute atomic E-state index is 0.597. The summed E-state index contributed by atoms with van der Waals surface area (Å²) in [5.74, 6) is 0. The standard InChI is InChI=1S/C16H19BrClN3/c1-11-8-14(17)16(9-15(11)18)19-10-12-6-7-21(20-12)13-4-2-3-5-13/h6-9,13,19H,2-5,10H2,1H3. The number of nitrogens with one attached hydrogen (secondary N) is 1. The first kappa shape index (κ1) is 14.9. The Bertz CT molecular complexity index is 632. The molecule has 0 bridgehead atoms. The van der Waals surface area contributed by atoms with Crippen LogP contribution in [-0.4, -0.2) is 9.78 Å². The Kier molecular flexibility index (Phi) is 4.55. The van der Waals surface area contributed by atoms with E-state index in [1.54, 1.807) is 0 Å². The van der Waals surface area contributed by atoms with Crippen LogP contribution in [0.4, 0.5) is 5.69 Å². The quantitative estimate of drug-likeness (QED) is 0.790. The van der Waals surface area contributed by atoms with Gasteiger partial charge in [0.25, 0.3) is 0 Å². The average Bonchev–Trinajstić information content (AvgIpc) is 3.11. The normalized spacial score (nSPS) is 15.6. The first-order valence-corrected chi connectivity index (χ1v) is 8.54. The molecule has 1 aliphatic rings. The number of anilines is 1. The number of halogens is 2. The molecule has 0 unspecified atom stereocenters. The Hall–Kier alpha value is -1.00. The number of benzene rings is 1. The van der Waals surface area contributed by atoms with Crippen LogP contribution in [0.2, 0.25) is 5.02 Å². The van der Waals surface area contributed by atoms with Crippen molar-refractivity contribution in [1.82, 2.24) is 9.78 Å². The zero-order chi connectivity index (χ0) is 14.8. The minimum atomic E-state index is 0.597. The molecule has 1 N–H and O–H groups in total. The molecule has 1 heterocycles. The number of aromatic nitrogens is 2. The van der Waals surface area contributed by atoms with E-state index in [1.807, 2.05) is 19.1 Å². The van der Waals surface area contributed by atoms with Gasteiger partial charge in [0, 0.05) is 15.7 Å². The molecule has 0 amide bonds. The van der Waals surface area contributed by atoms with Crippen molar-refractivity contribution in [3.8, 4) is 0 Å². The van der Waals surface area contributed by atoms with Crippen LogP contribution in [0.3, 0.4) is 0 Å². The van der Waals surface area contributed by atoms with Gasteiger partial charge in [-0.15, -0.1) is 0 Å². The van der Waals surface area contributed by atoms with Gasteiger partial charge in [0.05, 0.1) is 24.0 Å². The third-order valence-corrected chi connectivity index (χ3v) is 5.13. The van der Waals surface area contributed by atoms with Crippen molar-refractivity contribution in [3.63, 3.8) is 0 Å². The molecule has 2 aromatic rings. The van der Waals surface area contributed by atoms with E-state index in [-0.39, 0.29) is 0 Å². The summed E-state index contributed by atoms with van der Waals surface area (Å²) in [5.41, 5.74) is 3.13. The fourth-order valence-corrected chi connectivity index (χ4v) is 3.57. The summed E-state index contributed by atoms with van der Waals surface area (Å²) in [6.07, 6.45) is 7.27. The highest BCUT2D eigenvalue weighted by atomic mass is 79.9. The molecule has 0 saturated heterocycles. The van der Waals surface area contributed by atoms with Crippen molar-refractivity contribution in [2.24, 2.45) is 0 Å². The van der Waals surface area contributed by atoms with Gasteiger partial charge in [-0.3, -0.25) is 4.68 Å². The van der Waals surface area contributed by atoms with Crippen molar-refractivity contribution in [1.29, 1.82) is 0 Å².